The van der Waals surface area contributed by atoms with E-state index in [0.29, 0.717) is 12.2 Å². The van der Waals surface area contributed by atoms with Gasteiger partial charge in [-0.3, -0.25) is 0 Å². The van der Waals surface area contributed by atoms with Gasteiger partial charge in [0.15, 0.2) is 11.5 Å². The third-order valence-corrected chi connectivity index (χ3v) is 4.02. The molecule has 2 rings (SSSR count). The molecule has 1 heterocycles. The number of aryl methyl sites for hydroxylation is 1. The maximum atomic E-state index is 12.4. The molecule has 0 spiro atoms. The maximum absolute atomic E-state index is 12.4. The molecule has 1 atom stereocenters. The Labute approximate surface area is 125 Å². The van der Waals surface area contributed by atoms with Crippen molar-refractivity contribution in [3.63, 3.8) is 0 Å². The van der Waals surface area contributed by atoms with Crippen LogP contribution in [0.4, 0.5) is 8.78 Å². The van der Waals surface area contributed by atoms with E-state index < -0.39 is 12.7 Å². The molecule has 1 N–H and O–H groups in total. The molecule has 0 saturated heterocycles. The first kappa shape index (κ1) is 15.7. The SMILES string of the molecule is CCOc1cc(C(O)c2sccc2C)ccc1OC(F)F. The molecule has 0 fully saturated rings. The average Bonchev–Trinajstić information content (AvgIpc) is 2.86. The molecule has 0 radical (unpaired) electrons. The Balaban J connectivity index is 2.33. The zero-order chi connectivity index (χ0) is 15.4. The summed E-state index contributed by atoms with van der Waals surface area (Å²) >= 11 is 1.44. The number of thiophene rings is 1. The van der Waals surface area contributed by atoms with Crippen LogP contribution in [-0.4, -0.2) is 18.3 Å². The van der Waals surface area contributed by atoms with E-state index in [2.05, 4.69) is 4.74 Å². The Hall–Kier alpha value is -1.66. The molecule has 1 aromatic carbocycles. The van der Waals surface area contributed by atoms with Crippen molar-refractivity contribution in [2.45, 2.75) is 26.6 Å². The summed E-state index contributed by atoms with van der Waals surface area (Å²) in [7, 11) is 0. The number of hydrogen-bond acceptors (Lipinski definition) is 4. The Morgan fingerprint density at radius 2 is 2.00 bits per heavy atom. The first-order chi connectivity index (χ1) is 10.0. The van der Waals surface area contributed by atoms with Crippen LogP contribution in [0, 0.1) is 6.92 Å². The molecule has 0 aliphatic rings. The minimum atomic E-state index is -2.92. The van der Waals surface area contributed by atoms with E-state index in [1.54, 1.807) is 13.0 Å². The van der Waals surface area contributed by atoms with Gasteiger partial charge in [0, 0.05) is 4.88 Å². The van der Waals surface area contributed by atoms with Gasteiger partial charge in [-0.1, -0.05) is 6.07 Å². The van der Waals surface area contributed by atoms with Gasteiger partial charge in [0.1, 0.15) is 6.10 Å². The normalized spacial score (nSPS) is 12.5. The number of ether oxygens (including phenoxy) is 2. The van der Waals surface area contributed by atoms with Gasteiger partial charge in [-0.25, -0.2) is 0 Å². The predicted molar refractivity (Wildman–Crippen MR) is 77.4 cm³/mol. The van der Waals surface area contributed by atoms with Crippen molar-refractivity contribution in [1.29, 1.82) is 0 Å². The summed E-state index contributed by atoms with van der Waals surface area (Å²) in [6.45, 7) is 1.06. The highest BCUT2D eigenvalue weighted by molar-refractivity contribution is 7.10. The van der Waals surface area contributed by atoms with Crippen molar-refractivity contribution < 1.29 is 23.4 Å². The summed E-state index contributed by atoms with van der Waals surface area (Å²) in [5.74, 6) is 0.161. The number of aliphatic hydroxyl groups is 1. The van der Waals surface area contributed by atoms with Gasteiger partial charge in [-0.2, -0.15) is 8.78 Å². The minimum Gasteiger partial charge on any atom is -0.490 e. The number of benzene rings is 1. The second kappa shape index (κ2) is 6.87. The molecule has 0 bridgehead atoms. The standard InChI is InChI=1S/C15H16F2O3S/c1-3-19-12-8-10(4-5-11(12)20-15(16)17)13(18)14-9(2)6-7-21-14/h4-8,13,15,18H,3H2,1-2H3. The number of rotatable bonds is 6. The lowest BCUT2D eigenvalue weighted by Gasteiger charge is -2.15. The highest BCUT2D eigenvalue weighted by Gasteiger charge is 2.18. The van der Waals surface area contributed by atoms with Crippen LogP contribution < -0.4 is 9.47 Å². The fourth-order valence-corrected chi connectivity index (χ4v) is 2.91. The molecule has 21 heavy (non-hydrogen) atoms. The second-order valence-corrected chi connectivity index (χ2v) is 5.34. The minimum absolute atomic E-state index is 0.0364. The van der Waals surface area contributed by atoms with Crippen LogP contribution in [0.5, 0.6) is 11.5 Å². The Kier molecular flexibility index (Phi) is 5.14. The van der Waals surface area contributed by atoms with Crippen LogP contribution in [0.15, 0.2) is 29.6 Å². The van der Waals surface area contributed by atoms with Gasteiger partial charge < -0.3 is 14.6 Å². The van der Waals surface area contributed by atoms with E-state index in [1.807, 2.05) is 18.4 Å². The molecular formula is C15H16F2O3S. The smallest absolute Gasteiger partial charge is 0.387 e. The van der Waals surface area contributed by atoms with Crippen molar-refractivity contribution in [2.75, 3.05) is 6.61 Å². The second-order valence-electron chi connectivity index (χ2n) is 4.39. The van der Waals surface area contributed by atoms with E-state index in [4.69, 9.17) is 4.74 Å². The lowest BCUT2D eigenvalue weighted by molar-refractivity contribution is -0.0514. The summed E-state index contributed by atoms with van der Waals surface area (Å²) < 4.78 is 34.4. The summed E-state index contributed by atoms with van der Waals surface area (Å²) in [6.07, 6.45) is -0.815. The first-order valence-electron chi connectivity index (χ1n) is 6.46. The van der Waals surface area contributed by atoms with Crippen molar-refractivity contribution in [3.05, 3.63) is 45.6 Å². The number of alkyl halides is 2. The topological polar surface area (TPSA) is 38.7 Å². The van der Waals surface area contributed by atoms with Crippen molar-refractivity contribution in [3.8, 4) is 11.5 Å². The lowest BCUT2D eigenvalue weighted by Crippen LogP contribution is -2.06. The molecule has 0 aliphatic heterocycles. The van der Waals surface area contributed by atoms with E-state index in [-0.39, 0.29) is 11.5 Å². The molecule has 114 valence electrons. The Morgan fingerprint density at radius 1 is 1.24 bits per heavy atom. The predicted octanol–water partition coefficient (Wildman–Crippen LogP) is 4.14. The van der Waals surface area contributed by atoms with Crippen LogP contribution in [0.3, 0.4) is 0 Å². The third-order valence-electron chi connectivity index (χ3n) is 2.95. The number of halogens is 2. The summed E-state index contributed by atoms with van der Waals surface area (Å²) in [5, 5.41) is 12.3. The molecular weight excluding hydrogens is 298 g/mol. The van der Waals surface area contributed by atoms with Crippen LogP contribution in [0.2, 0.25) is 0 Å². The monoisotopic (exact) mass is 314 g/mol. The van der Waals surface area contributed by atoms with Crippen molar-refractivity contribution >= 4 is 11.3 Å². The van der Waals surface area contributed by atoms with Gasteiger partial charge >= 0.3 is 6.61 Å². The summed E-state index contributed by atoms with van der Waals surface area (Å²) in [5.41, 5.74) is 1.56. The first-order valence-corrected chi connectivity index (χ1v) is 7.34. The number of hydrogen-bond donors (Lipinski definition) is 1. The van der Waals surface area contributed by atoms with Crippen LogP contribution in [0.25, 0.3) is 0 Å². The number of aliphatic hydroxyl groups excluding tert-OH is 1. The molecule has 0 aliphatic carbocycles. The molecule has 3 nitrogen and oxygen atoms in total. The summed E-state index contributed by atoms with van der Waals surface area (Å²) in [6, 6.07) is 6.40. The van der Waals surface area contributed by atoms with E-state index >= 15 is 0 Å². The van der Waals surface area contributed by atoms with Gasteiger partial charge in [-0.15, -0.1) is 11.3 Å². The van der Waals surface area contributed by atoms with E-state index in [1.165, 1.54) is 23.5 Å². The van der Waals surface area contributed by atoms with Gasteiger partial charge in [0.05, 0.1) is 6.61 Å². The van der Waals surface area contributed by atoms with Gasteiger partial charge in [-0.05, 0) is 48.6 Å². The van der Waals surface area contributed by atoms with Crippen molar-refractivity contribution in [2.24, 2.45) is 0 Å². The summed E-state index contributed by atoms with van der Waals surface area (Å²) in [4.78, 5) is 0.819. The highest BCUT2D eigenvalue weighted by atomic mass is 32.1. The van der Waals surface area contributed by atoms with Crippen LogP contribution in [-0.2, 0) is 0 Å². The molecule has 2 aromatic rings. The Morgan fingerprint density at radius 3 is 2.57 bits per heavy atom. The Bertz CT molecular complexity index is 598. The van der Waals surface area contributed by atoms with Gasteiger partial charge in [0.25, 0.3) is 0 Å². The third kappa shape index (κ3) is 3.71. The zero-order valence-electron chi connectivity index (χ0n) is 11.7. The zero-order valence-corrected chi connectivity index (χ0v) is 12.5. The van der Waals surface area contributed by atoms with Crippen LogP contribution in [0.1, 0.15) is 29.0 Å². The van der Waals surface area contributed by atoms with Crippen LogP contribution >= 0.6 is 11.3 Å². The fourth-order valence-electron chi connectivity index (χ4n) is 1.97. The fraction of sp³-hybridized carbons (Fsp3) is 0.333. The quantitative estimate of drug-likeness (QED) is 0.871. The van der Waals surface area contributed by atoms with E-state index in [9.17, 15) is 13.9 Å². The van der Waals surface area contributed by atoms with E-state index in [0.717, 1.165) is 10.4 Å². The molecule has 1 aromatic heterocycles. The molecule has 0 amide bonds. The maximum Gasteiger partial charge on any atom is 0.387 e. The largest absolute Gasteiger partial charge is 0.490 e. The highest BCUT2D eigenvalue weighted by Crippen LogP contribution is 2.35. The molecule has 0 saturated carbocycles. The molecule has 6 heteroatoms. The lowest BCUT2D eigenvalue weighted by atomic mass is 10.1. The average molecular weight is 314 g/mol. The van der Waals surface area contributed by atoms with Crippen molar-refractivity contribution in [1.82, 2.24) is 0 Å². The molecule has 1 unspecified atom stereocenters. The van der Waals surface area contributed by atoms with Gasteiger partial charge in [0.2, 0.25) is 0 Å².